The maximum absolute atomic E-state index is 13.1. The van der Waals surface area contributed by atoms with E-state index in [4.69, 9.17) is 23.8 Å². The van der Waals surface area contributed by atoms with E-state index >= 15 is 0 Å². The lowest BCUT2D eigenvalue weighted by Gasteiger charge is -2.32. The Morgan fingerprint density at radius 1 is 1.16 bits per heavy atom. The smallest absolute Gasteiger partial charge is 0.444 e. The van der Waals surface area contributed by atoms with E-state index in [0.717, 1.165) is 39.5 Å². The summed E-state index contributed by atoms with van der Waals surface area (Å²) in [6.07, 6.45) is 0.435. The lowest BCUT2D eigenvalue weighted by molar-refractivity contribution is 0.00578. The van der Waals surface area contributed by atoms with Crippen LogP contribution in [0, 0.1) is 5.92 Å². The van der Waals surface area contributed by atoms with Gasteiger partial charge in [0, 0.05) is 25.0 Å². The minimum absolute atomic E-state index is 0.207. The van der Waals surface area contributed by atoms with Gasteiger partial charge in [-0.3, -0.25) is 4.90 Å². The standard InChI is InChI=1S/C28H38BN3O5/c1-26(2,3)35-25(33)32-15-17(16-34-8)13-22(32)24-30-21-12-9-18-14-19(10-11-20(18)23(21)31-24)29-36-27(4,5)28(6,7)37-29/h9-12,14,17,22H,13,15-16H2,1-8H3,(H,30,31)/t17-,22-/m0/s1. The highest BCUT2D eigenvalue weighted by Gasteiger charge is 2.51. The third kappa shape index (κ3) is 4.85. The Kier molecular flexibility index (Phi) is 6.32. The molecule has 8 nitrogen and oxygen atoms in total. The zero-order chi connectivity index (χ0) is 26.8. The number of rotatable bonds is 4. The molecule has 0 radical (unpaired) electrons. The molecule has 5 rings (SSSR count). The molecule has 2 aliphatic heterocycles. The normalized spacial score (nSPS) is 23.4. The lowest BCUT2D eigenvalue weighted by atomic mass is 9.78. The van der Waals surface area contributed by atoms with Gasteiger partial charge in [0.1, 0.15) is 11.4 Å². The number of aromatic amines is 1. The molecule has 0 aliphatic carbocycles. The minimum atomic E-state index is -0.570. The average molecular weight is 507 g/mol. The number of hydrogen-bond acceptors (Lipinski definition) is 6. The number of fused-ring (bicyclic) bond motifs is 3. The fourth-order valence-electron chi connectivity index (χ4n) is 5.18. The second-order valence-corrected chi connectivity index (χ2v) is 12.4. The minimum Gasteiger partial charge on any atom is -0.444 e. The molecule has 2 fully saturated rings. The number of likely N-dealkylation sites (tertiary alicyclic amines) is 1. The summed E-state index contributed by atoms with van der Waals surface area (Å²) >= 11 is 0. The Labute approximate surface area is 219 Å². The zero-order valence-electron chi connectivity index (χ0n) is 23.2. The first-order valence-corrected chi connectivity index (χ1v) is 13.0. The fraction of sp³-hybridized carbons (Fsp3) is 0.571. The quantitative estimate of drug-likeness (QED) is 0.503. The third-order valence-electron chi connectivity index (χ3n) is 7.77. The predicted molar refractivity (Wildman–Crippen MR) is 145 cm³/mol. The number of imidazole rings is 1. The highest BCUT2D eigenvalue weighted by atomic mass is 16.7. The van der Waals surface area contributed by atoms with E-state index in [1.807, 2.05) is 26.8 Å². The number of H-pyrrole nitrogens is 1. The number of nitrogens with zero attached hydrogens (tertiary/aromatic N) is 2. The number of benzene rings is 2. The van der Waals surface area contributed by atoms with Crippen LogP contribution < -0.4 is 5.46 Å². The van der Waals surface area contributed by atoms with Crippen LogP contribution >= 0.6 is 0 Å². The third-order valence-corrected chi connectivity index (χ3v) is 7.77. The van der Waals surface area contributed by atoms with Gasteiger partial charge in [-0.1, -0.05) is 24.3 Å². The van der Waals surface area contributed by atoms with Crippen molar-refractivity contribution in [3.8, 4) is 0 Å². The van der Waals surface area contributed by atoms with Crippen LogP contribution in [0.1, 0.15) is 66.8 Å². The number of ether oxygens (including phenoxy) is 2. The van der Waals surface area contributed by atoms with Gasteiger partial charge in [0.2, 0.25) is 0 Å². The molecular weight excluding hydrogens is 469 g/mol. The lowest BCUT2D eigenvalue weighted by Crippen LogP contribution is -2.41. The van der Waals surface area contributed by atoms with Gasteiger partial charge in [0.25, 0.3) is 0 Å². The van der Waals surface area contributed by atoms with Crippen molar-refractivity contribution in [3.63, 3.8) is 0 Å². The monoisotopic (exact) mass is 507 g/mol. The zero-order valence-corrected chi connectivity index (χ0v) is 23.2. The Morgan fingerprint density at radius 2 is 1.86 bits per heavy atom. The van der Waals surface area contributed by atoms with Crippen molar-refractivity contribution < 1.29 is 23.6 Å². The first-order chi connectivity index (χ1) is 17.3. The van der Waals surface area contributed by atoms with E-state index in [2.05, 4.69) is 56.9 Å². The number of amides is 1. The molecule has 3 heterocycles. The molecular formula is C28H38BN3O5. The summed E-state index contributed by atoms with van der Waals surface area (Å²) in [6.45, 7) is 15.0. The van der Waals surface area contributed by atoms with Crippen molar-refractivity contribution in [2.75, 3.05) is 20.3 Å². The number of hydrogen-bond donors (Lipinski definition) is 1. The Hall–Kier alpha value is -2.62. The molecule has 198 valence electrons. The van der Waals surface area contributed by atoms with Crippen molar-refractivity contribution in [3.05, 3.63) is 36.2 Å². The van der Waals surface area contributed by atoms with Gasteiger partial charge in [-0.05, 0) is 71.8 Å². The van der Waals surface area contributed by atoms with Crippen LogP contribution in [-0.4, -0.2) is 65.1 Å². The molecule has 3 aromatic rings. The number of nitrogens with one attached hydrogen (secondary N) is 1. The van der Waals surface area contributed by atoms with E-state index in [0.29, 0.717) is 13.2 Å². The van der Waals surface area contributed by atoms with Crippen molar-refractivity contribution in [1.82, 2.24) is 14.9 Å². The highest BCUT2D eigenvalue weighted by Crippen LogP contribution is 2.38. The average Bonchev–Trinajstić information content (AvgIpc) is 3.46. The molecule has 9 heteroatoms. The largest absolute Gasteiger partial charge is 0.494 e. The molecule has 37 heavy (non-hydrogen) atoms. The van der Waals surface area contributed by atoms with Crippen LogP contribution in [-0.2, 0) is 18.8 Å². The summed E-state index contributed by atoms with van der Waals surface area (Å²) in [5.41, 5.74) is 1.44. The summed E-state index contributed by atoms with van der Waals surface area (Å²) < 4.78 is 23.6. The second kappa shape index (κ2) is 9.00. The van der Waals surface area contributed by atoms with E-state index in [9.17, 15) is 4.79 Å². The van der Waals surface area contributed by atoms with Gasteiger partial charge in [-0.2, -0.15) is 0 Å². The highest BCUT2D eigenvalue weighted by molar-refractivity contribution is 6.62. The summed E-state index contributed by atoms with van der Waals surface area (Å²) in [7, 11) is 1.27. The maximum Gasteiger partial charge on any atom is 0.494 e. The van der Waals surface area contributed by atoms with E-state index in [1.54, 1.807) is 12.0 Å². The summed E-state index contributed by atoms with van der Waals surface area (Å²) in [5.74, 6) is 0.983. The van der Waals surface area contributed by atoms with Crippen LogP contribution in [0.2, 0.25) is 0 Å². The molecule has 1 N–H and O–H groups in total. The Balaban J connectivity index is 1.47. The van der Waals surface area contributed by atoms with E-state index in [-0.39, 0.29) is 18.1 Å². The number of carbonyl (C=O) groups is 1. The van der Waals surface area contributed by atoms with Gasteiger partial charge in [-0.25, -0.2) is 9.78 Å². The molecule has 1 amide bonds. The van der Waals surface area contributed by atoms with Crippen molar-refractivity contribution in [2.45, 2.75) is 77.7 Å². The second-order valence-electron chi connectivity index (χ2n) is 12.4. The molecule has 1 aromatic heterocycles. The van der Waals surface area contributed by atoms with Gasteiger partial charge in [0.05, 0.1) is 34.9 Å². The molecule has 2 saturated heterocycles. The van der Waals surface area contributed by atoms with E-state index in [1.165, 1.54) is 0 Å². The molecule has 2 aliphatic rings. The number of methoxy groups -OCH3 is 1. The summed E-state index contributed by atoms with van der Waals surface area (Å²) in [4.78, 5) is 23.3. The van der Waals surface area contributed by atoms with Crippen molar-refractivity contribution in [2.24, 2.45) is 5.92 Å². The van der Waals surface area contributed by atoms with Crippen LogP contribution in [0.4, 0.5) is 4.79 Å². The molecule has 0 saturated carbocycles. The van der Waals surface area contributed by atoms with Crippen molar-refractivity contribution in [1.29, 1.82) is 0 Å². The number of aromatic nitrogens is 2. The fourth-order valence-corrected chi connectivity index (χ4v) is 5.18. The summed E-state index contributed by atoms with van der Waals surface area (Å²) in [6, 6.07) is 10.2. The molecule has 0 unspecified atom stereocenters. The SMILES string of the molecule is COC[C@H]1C[C@@H](c2nc3c(ccc4cc(B5OC(C)(C)C(C)(C)O5)ccc43)[nH]2)N(C(=O)OC(C)(C)C)C1. The maximum atomic E-state index is 13.1. The molecule has 2 atom stereocenters. The van der Waals surface area contributed by atoms with Crippen LogP contribution in [0.3, 0.4) is 0 Å². The first kappa shape index (κ1) is 26.0. The van der Waals surface area contributed by atoms with Crippen molar-refractivity contribution >= 4 is 40.5 Å². The Morgan fingerprint density at radius 3 is 2.51 bits per heavy atom. The first-order valence-electron chi connectivity index (χ1n) is 13.0. The van der Waals surface area contributed by atoms with Crippen LogP contribution in [0.15, 0.2) is 30.3 Å². The van der Waals surface area contributed by atoms with Crippen LogP contribution in [0.5, 0.6) is 0 Å². The van der Waals surface area contributed by atoms with Gasteiger partial charge in [-0.15, -0.1) is 0 Å². The Bertz CT molecular complexity index is 1310. The van der Waals surface area contributed by atoms with Gasteiger partial charge >= 0.3 is 13.2 Å². The van der Waals surface area contributed by atoms with E-state index < -0.39 is 23.9 Å². The molecule has 0 bridgehead atoms. The van der Waals surface area contributed by atoms with Gasteiger partial charge < -0.3 is 23.8 Å². The summed E-state index contributed by atoms with van der Waals surface area (Å²) in [5, 5.41) is 2.10. The predicted octanol–water partition coefficient (Wildman–Crippen LogP) is 4.96. The number of carbonyl (C=O) groups excluding carboxylic acids is 1. The van der Waals surface area contributed by atoms with Gasteiger partial charge in [0.15, 0.2) is 0 Å². The topological polar surface area (TPSA) is 85.9 Å². The molecule has 2 aromatic carbocycles. The molecule has 0 spiro atoms. The van der Waals surface area contributed by atoms with Crippen LogP contribution in [0.25, 0.3) is 21.8 Å².